The van der Waals surface area contributed by atoms with Crippen LogP contribution in [-0.2, 0) is 4.74 Å². The van der Waals surface area contributed by atoms with Crippen molar-refractivity contribution in [3.8, 4) is 16.9 Å². The van der Waals surface area contributed by atoms with Crippen molar-refractivity contribution in [3.05, 3.63) is 84.1 Å². The van der Waals surface area contributed by atoms with Crippen molar-refractivity contribution in [2.24, 2.45) is 5.41 Å². The van der Waals surface area contributed by atoms with Gasteiger partial charge in [0.25, 0.3) is 5.91 Å². The van der Waals surface area contributed by atoms with E-state index in [1.54, 1.807) is 29.8 Å². The molecule has 35 heavy (non-hydrogen) atoms. The minimum atomic E-state index is -0.472. The normalized spacial score (nSPS) is 12.4. The third-order valence-corrected chi connectivity index (χ3v) is 6.26. The molecule has 6 nitrogen and oxygen atoms in total. The maximum atomic E-state index is 12.7. The molecule has 1 N–H and O–H groups in total. The molecule has 0 fully saturated rings. The molecule has 1 unspecified atom stereocenters. The summed E-state index contributed by atoms with van der Waals surface area (Å²) >= 11 is 0. The number of amides is 1. The first-order chi connectivity index (χ1) is 16.7. The molecule has 4 aromatic rings. The fourth-order valence-corrected chi connectivity index (χ4v) is 3.69. The van der Waals surface area contributed by atoms with Gasteiger partial charge < -0.3 is 10.1 Å². The first-order valence-corrected chi connectivity index (χ1v) is 11.8. The van der Waals surface area contributed by atoms with Gasteiger partial charge in [0.1, 0.15) is 0 Å². The zero-order chi connectivity index (χ0) is 25.2. The molecule has 180 valence electrons. The van der Waals surface area contributed by atoms with Crippen molar-refractivity contribution in [1.29, 1.82) is 0 Å². The lowest BCUT2D eigenvalue weighted by molar-refractivity contribution is 0.0518. The predicted octanol–water partition coefficient (Wildman–Crippen LogP) is 6.03. The van der Waals surface area contributed by atoms with E-state index in [4.69, 9.17) is 4.74 Å². The van der Waals surface area contributed by atoms with Crippen LogP contribution in [0, 0.1) is 5.41 Å². The predicted molar refractivity (Wildman–Crippen MR) is 139 cm³/mol. The van der Waals surface area contributed by atoms with Crippen LogP contribution in [0.2, 0.25) is 0 Å². The van der Waals surface area contributed by atoms with E-state index in [-0.39, 0.29) is 29.7 Å². The molecule has 1 heterocycles. The van der Waals surface area contributed by atoms with E-state index in [1.165, 1.54) is 0 Å². The zero-order valence-electron chi connectivity index (χ0n) is 20.8. The minimum Gasteiger partial charge on any atom is -0.461 e. The third kappa shape index (κ3) is 5.27. The van der Waals surface area contributed by atoms with Crippen molar-refractivity contribution in [3.63, 3.8) is 0 Å². The molecular weight excluding hydrogens is 438 g/mol. The number of hydrogen-bond acceptors (Lipinski definition) is 4. The number of esters is 1. The molecule has 4 rings (SSSR count). The van der Waals surface area contributed by atoms with Crippen LogP contribution in [0.3, 0.4) is 0 Å². The van der Waals surface area contributed by atoms with E-state index in [2.05, 4.69) is 55.5 Å². The Morgan fingerprint density at radius 3 is 2.31 bits per heavy atom. The topological polar surface area (TPSA) is 73.2 Å². The van der Waals surface area contributed by atoms with Crippen LogP contribution < -0.4 is 5.32 Å². The summed E-state index contributed by atoms with van der Waals surface area (Å²) in [6.45, 7) is 10.3. The van der Waals surface area contributed by atoms with Gasteiger partial charge in [-0.15, -0.1) is 0 Å². The fourth-order valence-electron chi connectivity index (χ4n) is 3.69. The zero-order valence-corrected chi connectivity index (χ0v) is 20.8. The fraction of sp³-hybridized carbons (Fsp3) is 0.276. The molecule has 6 heteroatoms. The van der Waals surface area contributed by atoms with Crippen LogP contribution in [0.15, 0.2) is 72.8 Å². The van der Waals surface area contributed by atoms with E-state index in [0.29, 0.717) is 5.56 Å². The Balaban J connectivity index is 1.71. The van der Waals surface area contributed by atoms with Crippen LogP contribution in [0.25, 0.3) is 27.7 Å². The highest BCUT2D eigenvalue weighted by atomic mass is 16.5. The number of benzene rings is 3. The standard InChI is InChI=1S/C29H31N3O3/c1-6-35-28(34)25-18-26(23-12-11-20-9-7-8-10-22(20)17-23)32(31-25)24-15-13-21(14-16-24)27(33)30-19(2)29(3,4)5/h7-19H,6H2,1-5H3,(H,30,33). The van der Waals surface area contributed by atoms with Crippen molar-refractivity contribution in [1.82, 2.24) is 15.1 Å². The highest BCUT2D eigenvalue weighted by molar-refractivity contribution is 5.95. The highest BCUT2D eigenvalue weighted by Gasteiger charge is 2.22. The Labute approximate surface area is 205 Å². The number of nitrogens with one attached hydrogen (secondary N) is 1. The summed E-state index contributed by atoms with van der Waals surface area (Å²) in [4.78, 5) is 25.2. The van der Waals surface area contributed by atoms with Gasteiger partial charge in [0.05, 0.1) is 18.0 Å². The van der Waals surface area contributed by atoms with Crippen LogP contribution in [0.4, 0.5) is 0 Å². The van der Waals surface area contributed by atoms with Gasteiger partial charge >= 0.3 is 5.97 Å². The molecular formula is C29H31N3O3. The summed E-state index contributed by atoms with van der Waals surface area (Å²) < 4.78 is 6.90. The Kier molecular flexibility index (Phi) is 6.74. The van der Waals surface area contributed by atoms with Crippen molar-refractivity contribution >= 4 is 22.6 Å². The van der Waals surface area contributed by atoms with E-state index in [0.717, 1.165) is 27.7 Å². The molecule has 0 saturated carbocycles. The summed E-state index contributed by atoms with van der Waals surface area (Å²) in [7, 11) is 0. The lowest BCUT2D eigenvalue weighted by Gasteiger charge is -2.28. The highest BCUT2D eigenvalue weighted by Crippen LogP contribution is 2.28. The molecule has 0 radical (unpaired) electrons. The molecule has 0 spiro atoms. The number of nitrogens with zero attached hydrogens (tertiary/aromatic N) is 2. The molecule has 3 aromatic carbocycles. The van der Waals surface area contributed by atoms with Gasteiger partial charge in [0.2, 0.25) is 0 Å². The third-order valence-electron chi connectivity index (χ3n) is 6.26. The number of aromatic nitrogens is 2. The monoisotopic (exact) mass is 469 g/mol. The molecule has 0 bridgehead atoms. The Morgan fingerprint density at radius 2 is 1.66 bits per heavy atom. The van der Waals surface area contributed by atoms with Gasteiger partial charge in [-0.1, -0.05) is 57.2 Å². The van der Waals surface area contributed by atoms with E-state index >= 15 is 0 Å². The van der Waals surface area contributed by atoms with Crippen molar-refractivity contribution in [2.75, 3.05) is 6.61 Å². The van der Waals surface area contributed by atoms with Gasteiger partial charge in [0, 0.05) is 17.2 Å². The summed E-state index contributed by atoms with van der Waals surface area (Å²) in [5.74, 6) is -0.595. The first-order valence-electron chi connectivity index (χ1n) is 11.8. The number of ether oxygens (including phenoxy) is 1. The Morgan fingerprint density at radius 1 is 0.971 bits per heavy atom. The smallest absolute Gasteiger partial charge is 0.358 e. The lowest BCUT2D eigenvalue weighted by atomic mass is 9.88. The number of fused-ring (bicyclic) bond motifs is 1. The van der Waals surface area contributed by atoms with Gasteiger partial charge in [-0.3, -0.25) is 4.79 Å². The summed E-state index contributed by atoms with van der Waals surface area (Å²) in [6.07, 6.45) is 0. The average Bonchev–Trinajstić information content (AvgIpc) is 3.29. The Hall–Kier alpha value is -3.93. The molecule has 1 amide bonds. The van der Waals surface area contributed by atoms with Gasteiger partial charge in [-0.05, 0) is 66.4 Å². The van der Waals surface area contributed by atoms with Crippen LogP contribution in [0.1, 0.15) is 55.5 Å². The van der Waals surface area contributed by atoms with Gasteiger partial charge in [0.15, 0.2) is 5.69 Å². The van der Waals surface area contributed by atoms with Crippen LogP contribution in [-0.4, -0.2) is 34.3 Å². The van der Waals surface area contributed by atoms with Crippen molar-refractivity contribution in [2.45, 2.75) is 40.7 Å². The molecule has 0 aliphatic heterocycles. The summed E-state index contributed by atoms with van der Waals surface area (Å²) in [5, 5.41) is 9.84. The van der Waals surface area contributed by atoms with E-state index in [1.807, 2.05) is 37.3 Å². The maximum absolute atomic E-state index is 12.7. The molecule has 1 atom stereocenters. The van der Waals surface area contributed by atoms with Gasteiger partial charge in [-0.2, -0.15) is 5.10 Å². The molecule has 0 aliphatic rings. The lowest BCUT2D eigenvalue weighted by Crippen LogP contribution is -2.41. The first kappa shape index (κ1) is 24.2. The molecule has 0 aliphatic carbocycles. The second kappa shape index (κ2) is 9.74. The maximum Gasteiger partial charge on any atom is 0.358 e. The number of carbonyl (C=O) groups is 2. The van der Waals surface area contributed by atoms with E-state index in [9.17, 15) is 9.59 Å². The number of carbonyl (C=O) groups excluding carboxylic acids is 2. The number of hydrogen-bond donors (Lipinski definition) is 1. The number of rotatable bonds is 6. The van der Waals surface area contributed by atoms with E-state index < -0.39 is 5.97 Å². The van der Waals surface area contributed by atoms with Crippen molar-refractivity contribution < 1.29 is 14.3 Å². The molecule has 0 saturated heterocycles. The minimum absolute atomic E-state index is 0.0208. The largest absolute Gasteiger partial charge is 0.461 e. The summed E-state index contributed by atoms with van der Waals surface area (Å²) in [5.41, 5.74) is 3.18. The second-order valence-corrected chi connectivity index (χ2v) is 9.72. The van der Waals surface area contributed by atoms with Crippen LogP contribution >= 0.6 is 0 Å². The summed E-state index contributed by atoms with van der Waals surface area (Å²) in [6, 6.07) is 23.2. The average molecular weight is 470 g/mol. The molecule has 1 aromatic heterocycles. The second-order valence-electron chi connectivity index (χ2n) is 9.72. The van der Waals surface area contributed by atoms with Gasteiger partial charge in [-0.25, -0.2) is 9.48 Å². The van der Waals surface area contributed by atoms with Crippen LogP contribution in [0.5, 0.6) is 0 Å². The quantitative estimate of drug-likeness (QED) is 0.350. The Bertz CT molecular complexity index is 1360. The SMILES string of the molecule is CCOC(=O)c1cc(-c2ccc3ccccc3c2)n(-c2ccc(C(=O)NC(C)C(C)(C)C)cc2)n1.